The van der Waals surface area contributed by atoms with Crippen LogP contribution in [-0.4, -0.2) is 55.0 Å². The molecule has 6 heavy (non-hydrogen) atoms. The summed E-state index contributed by atoms with van der Waals surface area (Å²) in [5.41, 5.74) is 4.50. The van der Waals surface area contributed by atoms with Gasteiger partial charge in [-0.2, -0.15) is 4.91 Å². The summed E-state index contributed by atoms with van der Waals surface area (Å²) in [5, 5.41) is 0. The number of rotatable bonds is 0. The van der Waals surface area contributed by atoms with E-state index in [1.807, 2.05) is 17.2 Å². The number of hydrogen-bond donors (Lipinski definition) is 1. The molecule has 0 heterocycles. The zero-order chi connectivity index (χ0) is 4.00. The van der Waals surface area contributed by atoms with Crippen LogP contribution in [0.15, 0.2) is 0 Å². The molecule has 0 radical (unpaired) electrons. The average Bonchev–Trinajstić information content (AvgIpc) is 1.50. The molecule has 0 amide bonds. The SMILES string of the molecule is N=O.[LiH].[LiH].[Li][PH2]. The Labute approximate surface area is 72.7 Å². The van der Waals surface area contributed by atoms with Gasteiger partial charge in [0, 0.05) is 0 Å². The molecule has 2 nitrogen and oxygen atoms in total. The first-order chi connectivity index (χ1) is 2.00. The van der Waals surface area contributed by atoms with Crippen LogP contribution in [0.2, 0.25) is 0 Å². The van der Waals surface area contributed by atoms with E-state index in [0.29, 0.717) is 0 Å². The molecule has 0 aromatic rings. The van der Waals surface area contributed by atoms with Gasteiger partial charge in [0.2, 0.25) is 0 Å². The van der Waals surface area contributed by atoms with Crippen LogP contribution in [0.5, 0.6) is 0 Å². The van der Waals surface area contributed by atoms with E-state index in [1.54, 1.807) is 0 Å². The van der Waals surface area contributed by atoms with Crippen LogP contribution in [0.4, 0.5) is 0 Å². The van der Waals surface area contributed by atoms with E-state index in [9.17, 15) is 0 Å². The molecule has 0 aromatic carbocycles. The zero-order valence-electron chi connectivity index (χ0n) is 2.49. The second kappa shape index (κ2) is 69.6. The zero-order valence-corrected chi connectivity index (χ0v) is 3.64. The van der Waals surface area contributed by atoms with E-state index < -0.39 is 0 Å². The molecule has 0 saturated heterocycles. The van der Waals surface area contributed by atoms with Crippen LogP contribution < -0.4 is 0 Å². The van der Waals surface area contributed by atoms with Crippen molar-refractivity contribution in [3.05, 3.63) is 4.91 Å². The van der Waals surface area contributed by atoms with Crippen LogP contribution >= 0.6 is 7.66 Å². The van der Waals surface area contributed by atoms with E-state index in [0.717, 1.165) is 0 Å². The Morgan fingerprint density at radius 1 is 1.17 bits per heavy atom. The molecule has 1 unspecified atom stereocenters. The van der Waals surface area contributed by atoms with Gasteiger partial charge in [-0.15, -0.1) is 0 Å². The molecule has 1 atom stereocenters. The van der Waals surface area contributed by atoms with Crippen LogP contribution in [0.3, 0.4) is 0 Å². The van der Waals surface area contributed by atoms with Crippen molar-refractivity contribution in [1.29, 1.82) is 5.59 Å². The van der Waals surface area contributed by atoms with Gasteiger partial charge in [0.15, 0.2) is 0 Å². The molecule has 6 heteroatoms. The maximum atomic E-state index is 7.50. The maximum absolute atomic E-state index is 7.50. The summed E-state index contributed by atoms with van der Waals surface area (Å²) in [5.74, 6) is 0. The predicted octanol–water partition coefficient (Wildman–Crippen LogP) is -1.02. The molecule has 1 N–H and O–H groups in total. The van der Waals surface area contributed by atoms with Crippen molar-refractivity contribution < 1.29 is 0 Å². The molecule has 0 aliphatic heterocycles. The Morgan fingerprint density at radius 2 is 1.17 bits per heavy atom. The van der Waals surface area contributed by atoms with E-state index in [4.69, 9.17) is 4.91 Å². The van der Waals surface area contributed by atoms with Gasteiger partial charge >= 0.3 is 62.6 Å². The van der Waals surface area contributed by atoms with Crippen LogP contribution in [0, 0.1) is 10.5 Å². The van der Waals surface area contributed by atoms with Gasteiger partial charge in [-0.25, -0.2) is 0 Å². The molecule has 0 saturated carbocycles. The monoisotopic (exact) mass is 87.1 g/mol. The fourth-order valence-corrected chi connectivity index (χ4v) is 0. The summed E-state index contributed by atoms with van der Waals surface area (Å²) in [7, 11) is 2.42. The molecule has 24 valence electrons. The molecular weight excluding hydrogens is 81.8 g/mol. The van der Waals surface area contributed by atoms with Gasteiger partial charge in [0.05, 0.1) is 0 Å². The first-order valence-corrected chi connectivity index (χ1v) is 1.94. The summed E-state index contributed by atoms with van der Waals surface area (Å²) < 4.78 is 0. The molecule has 0 fully saturated rings. The Hall–Kier alpha value is 1.82. The molecule has 0 rings (SSSR count). The van der Waals surface area contributed by atoms with E-state index >= 15 is 0 Å². The summed E-state index contributed by atoms with van der Waals surface area (Å²) in [6.45, 7) is 0. The number of nitrogens with one attached hydrogen (secondary N) is 1. The Morgan fingerprint density at radius 3 is 1.17 bits per heavy atom. The Balaban J connectivity index is -0.00000000500. The summed E-state index contributed by atoms with van der Waals surface area (Å²) >= 11 is 1.92. The Bertz CT molecular complexity index is 10.8. The van der Waals surface area contributed by atoms with E-state index in [1.165, 1.54) is 0 Å². The van der Waals surface area contributed by atoms with Crippen molar-refractivity contribution >= 4 is 62.6 Å². The molecule has 0 aliphatic rings. The second-order valence-corrected chi connectivity index (χ2v) is 0. The minimum absolute atomic E-state index is 0. The molecule has 0 spiro atoms. The van der Waals surface area contributed by atoms with Gasteiger partial charge in [-0.1, -0.05) is 5.59 Å². The van der Waals surface area contributed by atoms with Crippen molar-refractivity contribution in [3.63, 3.8) is 0 Å². The van der Waals surface area contributed by atoms with Crippen molar-refractivity contribution in [2.24, 2.45) is 0 Å². The average molecular weight is 86.8 g/mol. The van der Waals surface area contributed by atoms with Crippen molar-refractivity contribution in [2.75, 3.05) is 0 Å². The van der Waals surface area contributed by atoms with Crippen molar-refractivity contribution in [3.8, 4) is 0 Å². The number of hydrogen-bond acceptors (Lipinski definition) is 2. The molecule has 0 bridgehead atoms. The van der Waals surface area contributed by atoms with Crippen LogP contribution in [0.25, 0.3) is 0 Å². The molecule has 0 aromatic heterocycles. The van der Waals surface area contributed by atoms with Gasteiger partial charge in [-0.05, 0) is 0 Å². The van der Waals surface area contributed by atoms with Crippen molar-refractivity contribution in [1.82, 2.24) is 0 Å². The first kappa shape index (κ1) is 24.9. The predicted molar refractivity (Wildman–Crippen MR) is 35.8 cm³/mol. The van der Waals surface area contributed by atoms with Crippen molar-refractivity contribution in [2.45, 2.75) is 0 Å². The van der Waals surface area contributed by atoms with Gasteiger partial charge in [0.25, 0.3) is 0 Å². The quantitative estimate of drug-likeness (QED) is 0.229. The Kier molecular flexibility index (Phi) is 289. The van der Waals surface area contributed by atoms with E-state index in [-0.39, 0.29) is 37.7 Å². The van der Waals surface area contributed by atoms with Gasteiger partial charge < -0.3 is 0 Å². The third kappa shape index (κ3) is 40.8. The third-order valence-electron chi connectivity index (χ3n) is 0. The fraction of sp³-hybridized carbons (Fsp3) is 0. The fourth-order valence-electron chi connectivity index (χ4n) is 0. The van der Waals surface area contributed by atoms with Crippen LogP contribution in [0.1, 0.15) is 0 Å². The van der Waals surface area contributed by atoms with E-state index in [2.05, 4.69) is 13.3 Å². The normalized spacial score (nSPS) is 1.83. The first-order valence-electron chi connectivity index (χ1n) is 0.781. The third-order valence-corrected chi connectivity index (χ3v) is 0. The molecular formula is H5Li3NOP. The minimum atomic E-state index is 0. The summed E-state index contributed by atoms with van der Waals surface area (Å²) in [6, 6.07) is 0. The topological polar surface area (TPSA) is 40.9 Å². The van der Waals surface area contributed by atoms with Gasteiger partial charge in [0.1, 0.15) is 0 Å². The summed E-state index contributed by atoms with van der Waals surface area (Å²) in [6.07, 6.45) is 0. The second-order valence-electron chi connectivity index (χ2n) is 0. The van der Waals surface area contributed by atoms with Gasteiger partial charge in [-0.3, -0.25) is 0 Å². The summed E-state index contributed by atoms with van der Waals surface area (Å²) in [4.78, 5) is 7.50. The molecule has 0 aliphatic carbocycles. The van der Waals surface area contributed by atoms with Crippen LogP contribution in [-0.2, 0) is 0 Å². The standard InChI is InChI=1S/3Li.HNO.H2P.2H/c;;;1-2;;;/h;;;1H;1H2;;/q;;+1;;-1;;. The number of nitroso groups, excluding NO2 is 1.